The predicted octanol–water partition coefficient (Wildman–Crippen LogP) is 4.54. The number of nitrogens with zero attached hydrogens (tertiary/aromatic N) is 1. The number of anilines is 2. The van der Waals surface area contributed by atoms with Gasteiger partial charge in [0.2, 0.25) is 0 Å². The fourth-order valence-electron chi connectivity index (χ4n) is 2.37. The van der Waals surface area contributed by atoms with Crippen LogP contribution in [0.4, 0.5) is 19.3 Å². The Morgan fingerprint density at radius 1 is 1.07 bits per heavy atom. The van der Waals surface area contributed by atoms with Gasteiger partial charge in [-0.1, -0.05) is 53.8 Å². The fraction of sp³-hybridized carbons (Fsp3) is 0.150. The van der Waals surface area contributed by atoms with Crippen LogP contribution in [0.15, 0.2) is 54.6 Å². The minimum absolute atomic E-state index is 0.0140. The first kappa shape index (κ1) is 20.3. The van der Waals surface area contributed by atoms with Crippen molar-refractivity contribution in [1.29, 1.82) is 0 Å². The van der Waals surface area contributed by atoms with E-state index in [9.17, 15) is 14.0 Å². The summed E-state index contributed by atoms with van der Waals surface area (Å²) in [6, 6.07) is 15.0. The van der Waals surface area contributed by atoms with Crippen molar-refractivity contribution < 1.29 is 23.5 Å². The van der Waals surface area contributed by atoms with Crippen molar-refractivity contribution in [2.24, 2.45) is 0 Å². The van der Waals surface area contributed by atoms with Gasteiger partial charge in [-0.2, -0.15) is 0 Å². The van der Waals surface area contributed by atoms with Crippen LogP contribution in [0.1, 0.15) is 6.92 Å². The highest BCUT2D eigenvalue weighted by atomic mass is 32.1. The number of thiazole rings is 1. The number of carbonyl (C=O) groups is 2. The van der Waals surface area contributed by atoms with Gasteiger partial charge in [0.05, 0.1) is 6.61 Å². The molecule has 2 amide bonds. The fourth-order valence-corrected chi connectivity index (χ4v) is 3.26. The highest BCUT2D eigenvalue weighted by Gasteiger charge is 2.18. The molecule has 0 saturated carbocycles. The average molecular weight is 415 g/mol. The highest BCUT2D eigenvalue weighted by Crippen LogP contribution is 2.36. The number of halogens is 1. The second-order valence-electron chi connectivity index (χ2n) is 5.68. The van der Waals surface area contributed by atoms with Crippen molar-refractivity contribution in [2.45, 2.75) is 6.92 Å². The molecule has 3 aromatic rings. The monoisotopic (exact) mass is 415 g/mol. The van der Waals surface area contributed by atoms with Crippen molar-refractivity contribution in [1.82, 2.24) is 4.98 Å². The van der Waals surface area contributed by atoms with Gasteiger partial charge in [-0.3, -0.25) is 10.1 Å². The Morgan fingerprint density at radius 3 is 2.52 bits per heavy atom. The molecule has 29 heavy (non-hydrogen) atoms. The van der Waals surface area contributed by atoms with Crippen LogP contribution in [0, 0.1) is 5.82 Å². The molecule has 1 heterocycles. The topological polar surface area (TPSA) is 89.5 Å². The number of amides is 2. The Balaban J connectivity index is 1.75. The predicted molar refractivity (Wildman–Crippen MR) is 109 cm³/mol. The summed E-state index contributed by atoms with van der Waals surface area (Å²) in [6.07, 6.45) is -0.637. The van der Waals surface area contributed by atoms with E-state index < -0.39 is 17.8 Å². The first-order valence-corrected chi connectivity index (χ1v) is 9.55. The van der Waals surface area contributed by atoms with Gasteiger partial charge >= 0.3 is 6.09 Å². The van der Waals surface area contributed by atoms with Crippen LogP contribution in [0.25, 0.3) is 11.3 Å². The molecular formula is C20H18FN3O4S. The molecule has 0 fully saturated rings. The van der Waals surface area contributed by atoms with Crippen LogP contribution >= 0.6 is 11.3 Å². The van der Waals surface area contributed by atoms with E-state index >= 15 is 0 Å². The molecule has 0 radical (unpaired) electrons. The van der Waals surface area contributed by atoms with Crippen molar-refractivity contribution in [2.75, 3.05) is 23.8 Å². The summed E-state index contributed by atoms with van der Waals surface area (Å²) < 4.78 is 23.7. The summed E-state index contributed by atoms with van der Waals surface area (Å²) >= 11 is 1.08. The van der Waals surface area contributed by atoms with Crippen LogP contribution in [-0.2, 0) is 9.53 Å². The van der Waals surface area contributed by atoms with Gasteiger partial charge in [0, 0.05) is 5.56 Å². The maximum atomic E-state index is 13.6. The van der Waals surface area contributed by atoms with E-state index in [1.54, 1.807) is 13.0 Å². The van der Waals surface area contributed by atoms with E-state index in [4.69, 9.17) is 9.47 Å². The van der Waals surface area contributed by atoms with E-state index in [0.29, 0.717) is 10.7 Å². The lowest BCUT2D eigenvalue weighted by Crippen LogP contribution is -2.20. The molecule has 0 bridgehead atoms. The number of benzene rings is 2. The molecule has 0 aliphatic heterocycles. The molecule has 1 aromatic heterocycles. The zero-order chi connectivity index (χ0) is 20.6. The second-order valence-corrected chi connectivity index (χ2v) is 6.67. The van der Waals surface area contributed by atoms with E-state index in [-0.39, 0.29) is 24.1 Å². The van der Waals surface area contributed by atoms with E-state index in [0.717, 1.165) is 16.9 Å². The van der Waals surface area contributed by atoms with Crippen LogP contribution in [0.3, 0.4) is 0 Å². The van der Waals surface area contributed by atoms with Crippen LogP contribution in [-0.4, -0.2) is 30.2 Å². The quantitative estimate of drug-likeness (QED) is 0.592. The summed E-state index contributed by atoms with van der Waals surface area (Å²) in [7, 11) is 0. The first-order chi connectivity index (χ1) is 14.1. The lowest BCUT2D eigenvalue weighted by atomic mass is 10.2. The van der Waals surface area contributed by atoms with Gasteiger partial charge in [0.1, 0.15) is 10.7 Å². The lowest BCUT2D eigenvalue weighted by molar-refractivity contribution is -0.118. The SMILES string of the molecule is CCOC(=O)Nc1nc(-c2ccccc2)c(NC(=O)COc2ccccc2F)s1. The molecule has 3 rings (SSSR count). The highest BCUT2D eigenvalue weighted by molar-refractivity contribution is 7.20. The van der Waals surface area contributed by atoms with Crippen molar-refractivity contribution >= 4 is 33.5 Å². The third-order valence-corrected chi connectivity index (χ3v) is 4.49. The zero-order valence-corrected chi connectivity index (χ0v) is 16.3. The summed E-state index contributed by atoms with van der Waals surface area (Å²) in [6.45, 7) is 1.53. The van der Waals surface area contributed by atoms with Crippen LogP contribution < -0.4 is 15.4 Å². The summed E-state index contributed by atoms with van der Waals surface area (Å²) in [4.78, 5) is 28.4. The molecular weight excluding hydrogens is 397 g/mol. The average Bonchev–Trinajstić information content (AvgIpc) is 3.10. The van der Waals surface area contributed by atoms with Crippen molar-refractivity contribution in [3.05, 3.63) is 60.4 Å². The molecule has 150 valence electrons. The zero-order valence-electron chi connectivity index (χ0n) is 15.5. The normalized spacial score (nSPS) is 10.3. The molecule has 0 aliphatic carbocycles. The second kappa shape index (κ2) is 9.65. The summed E-state index contributed by atoms with van der Waals surface area (Å²) in [5, 5.41) is 5.92. The number of para-hydroxylation sites is 1. The molecule has 9 heteroatoms. The maximum absolute atomic E-state index is 13.6. The molecule has 0 aliphatic rings. The third kappa shape index (κ3) is 5.52. The Morgan fingerprint density at radius 2 is 1.79 bits per heavy atom. The first-order valence-electron chi connectivity index (χ1n) is 8.74. The minimum Gasteiger partial charge on any atom is -0.481 e. The third-order valence-electron chi connectivity index (χ3n) is 3.61. The molecule has 0 spiro atoms. The molecule has 2 aromatic carbocycles. The standard InChI is InChI=1S/C20H18FN3O4S/c1-2-27-20(26)24-19-23-17(13-8-4-3-5-9-13)18(29-19)22-16(25)12-28-15-11-7-6-10-14(15)21/h3-11H,2,12H2,1H3,(H,22,25)(H,23,24,26). The summed E-state index contributed by atoms with van der Waals surface area (Å²) in [5.74, 6) is -1.05. The maximum Gasteiger partial charge on any atom is 0.413 e. The van der Waals surface area contributed by atoms with Gasteiger partial charge in [-0.25, -0.2) is 14.2 Å². The van der Waals surface area contributed by atoms with E-state index in [2.05, 4.69) is 15.6 Å². The Labute approximate surface area is 170 Å². The number of hydrogen-bond donors (Lipinski definition) is 2. The number of ether oxygens (including phenoxy) is 2. The molecule has 0 unspecified atom stereocenters. The largest absolute Gasteiger partial charge is 0.481 e. The van der Waals surface area contributed by atoms with Crippen molar-refractivity contribution in [3.8, 4) is 17.0 Å². The Kier molecular flexibility index (Phi) is 6.75. The van der Waals surface area contributed by atoms with Gasteiger partial charge in [-0.15, -0.1) is 0 Å². The van der Waals surface area contributed by atoms with Gasteiger partial charge in [-0.05, 0) is 19.1 Å². The Hall–Kier alpha value is -3.46. The number of aromatic nitrogens is 1. The lowest BCUT2D eigenvalue weighted by Gasteiger charge is -2.08. The molecule has 0 saturated heterocycles. The van der Waals surface area contributed by atoms with Gasteiger partial charge in [0.15, 0.2) is 23.3 Å². The van der Waals surface area contributed by atoms with Gasteiger partial charge < -0.3 is 14.8 Å². The minimum atomic E-state index is -0.637. The molecule has 2 N–H and O–H groups in total. The molecule has 7 nitrogen and oxygen atoms in total. The Bertz CT molecular complexity index is 994. The van der Waals surface area contributed by atoms with Gasteiger partial charge in [0.25, 0.3) is 5.91 Å². The summed E-state index contributed by atoms with van der Waals surface area (Å²) in [5.41, 5.74) is 1.24. The van der Waals surface area contributed by atoms with Crippen LogP contribution in [0.5, 0.6) is 5.75 Å². The van der Waals surface area contributed by atoms with E-state index in [1.807, 2.05) is 30.3 Å². The smallest absolute Gasteiger partial charge is 0.413 e. The van der Waals surface area contributed by atoms with Crippen molar-refractivity contribution in [3.63, 3.8) is 0 Å². The number of rotatable bonds is 7. The number of nitrogens with one attached hydrogen (secondary N) is 2. The van der Waals surface area contributed by atoms with Crippen LogP contribution in [0.2, 0.25) is 0 Å². The number of hydrogen-bond acceptors (Lipinski definition) is 6. The number of carbonyl (C=O) groups excluding carboxylic acids is 2. The molecule has 0 atom stereocenters. The van der Waals surface area contributed by atoms with E-state index in [1.165, 1.54) is 18.2 Å².